The summed E-state index contributed by atoms with van der Waals surface area (Å²) in [7, 11) is 0. The Morgan fingerprint density at radius 3 is 0.727 bits per heavy atom. The first-order valence-electron chi connectivity index (χ1n) is 8.32. The summed E-state index contributed by atoms with van der Waals surface area (Å²) in [5.41, 5.74) is -0.0880. The predicted octanol–water partition coefficient (Wildman–Crippen LogP) is 6.08. The second-order valence-corrected chi connectivity index (χ2v) is 10.8. The lowest BCUT2D eigenvalue weighted by atomic mass is 9.80. The highest BCUT2D eigenvalue weighted by molar-refractivity contribution is 5.84. The number of carbonyl (C=O) groups is 2. The van der Waals surface area contributed by atoms with Crippen LogP contribution in [0.2, 0.25) is 0 Å². The van der Waals surface area contributed by atoms with Gasteiger partial charge in [0.15, 0.2) is 0 Å². The molecule has 0 saturated heterocycles. The van der Waals surface area contributed by atoms with E-state index in [4.69, 9.17) is 0 Å². The van der Waals surface area contributed by atoms with Crippen LogP contribution in [0.15, 0.2) is 0 Å². The van der Waals surface area contributed by atoms with Gasteiger partial charge in [0.25, 0.3) is 0 Å². The minimum atomic E-state index is -0.173. The van der Waals surface area contributed by atoms with E-state index in [-0.39, 0.29) is 21.7 Å². The topological polar surface area (TPSA) is 34.1 Å². The van der Waals surface area contributed by atoms with E-state index in [0.29, 0.717) is 24.4 Å². The standard InChI is InChI=1S/2C10H20O/c2*1-9(2,3)7-8(11)10(4,5)6/h2*7H2,1-6H3. The van der Waals surface area contributed by atoms with Crippen molar-refractivity contribution < 1.29 is 9.59 Å². The first-order valence-corrected chi connectivity index (χ1v) is 8.32. The SMILES string of the molecule is CC(C)(C)CC(=O)C(C)(C)C.CC(C)(C)CC(=O)C(C)(C)C. The highest BCUT2D eigenvalue weighted by Gasteiger charge is 2.26. The molecule has 0 fully saturated rings. The van der Waals surface area contributed by atoms with Crippen LogP contribution < -0.4 is 0 Å². The Balaban J connectivity index is 0. The molecule has 0 aromatic heterocycles. The molecule has 0 heterocycles. The highest BCUT2D eigenvalue weighted by atomic mass is 16.1. The molecular formula is C20H40O2. The van der Waals surface area contributed by atoms with Crippen LogP contribution in [0.25, 0.3) is 0 Å². The minimum absolute atomic E-state index is 0.129. The van der Waals surface area contributed by atoms with Crippen LogP contribution in [0.3, 0.4) is 0 Å². The Kier molecular flexibility index (Phi) is 8.31. The van der Waals surface area contributed by atoms with Gasteiger partial charge in [-0.3, -0.25) is 9.59 Å². The summed E-state index contributed by atoms with van der Waals surface area (Å²) in [6.45, 7) is 24.4. The fraction of sp³-hybridized carbons (Fsp3) is 0.900. The number of hydrogen-bond acceptors (Lipinski definition) is 2. The first kappa shape index (κ1) is 23.6. The van der Waals surface area contributed by atoms with E-state index in [2.05, 4.69) is 41.5 Å². The van der Waals surface area contributed by atoms with Gasteiger partial charge >= 0.3 is 0 Å². The molecule has 0 atom stereocenters. The summed E-state index contributed by atoms with van der Waals surface area (Å²) < 4.78 is 0. The Bertz CT molecular complexity index is 324. The van der Waals surface area contributed by atoms with Crippen LogP contribution in [0.4, 0.5) is 0 Å². The van der Waals surface area contributed by atoms with Crippen molar-refractivity contribution >= 4 is 11.6 Å². The summed E-state index contributed by atoms with van der Waals surface area (Å²) in [5.74, 6) is 0.704. The minimum Gasteiger partial charge on any atom is -0.299 e. The van der Waals surface area contributed by atoms with Crippen molar-refractivity contribution in [3.8, 4) is 0 Å². The first-order chi connectivity index (χ1) is 9.26. The fourth-order valence-corrected chi connectivity index (χ4v) is 1.49. The van der Waals surface area contributed by atoms with Crippen LogP contribution in [0.1, 0.15) is 95.9 Å². The van der Waals surface area contributed by atoms with Gasteiger partial charge in [-0.05, 0) is 10.8 Å². The smallest absolute Gasteiger partial charge is 0.138 e. The van der Waals surface area contributed by atoms with E-state index >= 15 is 0 Å². The van der Waals surface area contributed by atoms with Crippen molar-refractivity contribution in [2.24, 2.45) is 21.7 Å². The van der Waals surface area contributed by atoms with Crippen LogP contribution in [0, 0.1) is 21.7 Å². The largest absolute Gasteiger partial charge is 0.299 e. The van der Waals surface area contributed by atoms with Gasteiger partial charge in [0.05, 0.1) is 0 Å². The number of carbonyl (C=O) groups excluding carboxylic acids is 2. The summed E-state index contributed by atoms with van der Waals surface area (Å²) in [4.78, 5) is 23.0. The van der Waals surface area contributed by atoms with Crippen molar-refractivity contribution in [2.75, 3.05) is 0 Å². The molecule has 0 N–H and O–H groups in total. The average molecular weight is 313 g/mol. The number of hydrogen-bond donors (Lipinski definition) is 0. The van der Waals surface area contributed by atoms with E-state index in [1.165, 1.54) is 0 Å². The Labute approximate surface area is 139 Å². The van der Waals surface area contributed by atoms with E-state index in [9.17, 15) is 9.59 Å². The summed E-state index contributed by atoms with van der Waals surface area (Å²) in [6.07, 6.45) is 1.35. The summed E-state index contributed by atoms with van der Waals surface area (Å²) in [5, 5.41) is 0. The van der Waals surface area contributed by atoms with Crippen molar-refractivity contribution in [3.05, 3.63) is 0 Å². The molecule has 0 radical (unpaired) electrons. The molecule has 0 aromatic rings. The third kappa shape index (κ3) is 14.3. The third-order valence-corrected chi connectivity index (χ3v) is 3.05. The molecule has 0 unspecified atom stereocenters. The number of rotatable bonds is 2. The zero-order valence-electron chi connectivity index (χ0n) is 17.2. The lowest BCUT2D eigenvalue weighted by molar-refractivity contribution is -0.128. The molecule has 132 valence electrons. The number of ketones is 2. The van der Waals surface area contributed by atoms with Gasteiger partial charge in [-0.15, -0.1) is 0 Å². The molecule has 0 amide bonds. The Hall–Kier alpha value is -0.660. The van der Waals surface area contributed by atoms with Gasteiger partial charge in [0.1, 0.15) is 11.6 Å². The van der Waals surface area contributed by atoms with Gasteiger partial charge in [-0.1, -0.05) is 83.1 Å². The van der Waals surface area contributed by atoms with Gasteiger partial charge in [0.2, 0.25) is 0 Å². The molecule has 0 bridgehead atoms. The zero-order valence-corrected chi connectivity index (χ0v) is 17.2. The number of Topliss-reactive ketones (excluding diaryl/α,β-unsaturated/α-hetero) is 2. The van der Waals surface area contributed by atoms with E-state index in [1.807, 2.05) is 41.5 Å². The van der Waals surface area contributed by atoms with E-state index < -0.39 is 0 Å². The molecule has 0 aliphatic rings. The molecule has 2 heteroatoms. The van der Waals surface area contributed by atoms with Crippen LogP contribution in [-0.2, 0) is 9.59 Å². The average Bonchev–Trinajstić information content (AvgIpc) is 2.09. The lowest BCUT2D eigenvalue weighted by Crippen LogP contribution is -2.25. The zero-order chi connectivity index (χ0) is 18.6. The van der Waals surface area contributed by atoms with Crippen LogP contribution >= 0.6 is 0 Å². The highest BCUT2D eigenvalue weighted by Crippen LogP contribution is 2.27. The maximum absolute atomic E-state index is 11.5. The lowest BCUT2D eigenvalue weighted by Gasteiger charge is -2.23. The molecule has 2 nitrogen and oxygen atoms in total. The molecule has 0 spiro atoms. The predicted molar refractivity (Wildman–Crippen MR) is 97.1 cm³/mol. The fourth-order valence-electron chi connectivity index (χ4n) is 1.49. The maximum atomic E-state index is 11.5. The van der Waals surface area contributed by atoms with E-state index in [0.717, 1.165) is 0 Å². The van der Waals surface area contributed by atoms with Crippen molar-refractivity contribution in [1.29, 1.82) is 0 Å². The van der Waals surface area contributed by atoms with Gasteiger partial charge in [0, 0.05) is 23.7 Å². The van der Waals surface area contributed by atoms with Crippen molar-refractivity contribution in [3.63, 3.8) is 0 Å². The molecule has 0 aliphatic carbocycles. The van der Waals surface area contributed by atoms with Crippen LogP contribution in [0.5, 0.6) is 0 Å². The molecule has 0 saturated carbocycles. The Morgan fingerprint density at radius 1 is 0.500 bits per heavy atom. The monoisotopic (exact) mass is 312 g/mol. The van der Waals surface area contributed by atoms with Crippen molar-refractivity contribution in [2.45, 2.75) is 95.9 Å². The molecule has 0 aromatic carbocycles. The van der Waals surface area contributed by atoms with E-state index in [1.54, 1.807) is 0 Å². The normalized spacial score (nSPS) is 13.3. The third-order valence-electron chi connectivity index (χ3n) is 3.05. The molecule has 0 aliphatic heterocycles. The van der Waals surface area contributed by atoms with Gasteiger partial charge < -0.3 is 0 Å². The summed E-state index contributed by atoms with van der Waals surface area (Å²) in [6, 6.07) is 0. The molecule has 22 heavy (non-hydrogen) atoms. The molecule has 0 rings (SSSR count). The van der Waals surface area contributed by atoms with Gasteiger partial charge in [-0.25, -0.2) is 0 Å². The Morgan fingerprint density at radius 2 is 0.682 bits per heavy atom. The second kappa shape index (κ2) is 7.75. The summed E-state index contributed by atoms with van der Waals surface area (Å²) >= 11 is 0. The quantitative estimate of drug-likeness (QED) is 0.619. The van der Waals surface area contributed by atoms with Crippen LogP contribution in [-0.4, -0.2) is 11.6 Å². The van der Waals surface area contributed by atoms with Crippen molar-refractivity contribution in [1.82, 2.24) is 0 Å². The maximum Gasteiger partial charge on any atom is 0.138 e. The van der Waals surface area contributed by atoms with Gasteiger partial charge in [-0.2, -0.15) is 0 Å². The second-order valence-electron chi connectivity index (χ2n) is 10.8. The molecular weight excluding hydrogens is 272 g/mol.